The summed E-state index contributed by atoms with van der Waals surface area (Å²) >= 11 is 5.91. The molecule has 1 N–H and O–H groups in total. The van der Waals surface area contributed by atoms with Gasteiger partial charge in [0.15, 0.2) is 0 Å². The lowest BCUT2D eigenvalue weighted by atomic mass is 10.1. The summed E-state index contributed by atoms with van der Waals surface area (Å²) in [6.07, 6.45) is 0. The van der Waals surface area contributed by atoms with Gasteiger partial charge in [-0.1, -0.05) is 17.7 Å². The van der Waals surface area contributed by atoms with Crippen LogP contribution in [0.25, 0.3) is 0 Å². The van der Waals surface area contributed by atoms with Crippen molar-refractivity contribution in [2.24, 2.45) is 0 Å². The molecule has 27 heavy (non-hydrogen) atoms. The summed E-state index contributed by atoms with van der Waals surface area (Å²) in [4.78, 5) is 14.3. The molecular formula is C19H23ClN2O4S. The van der Waals surface area contributed by atoms with E-state index in [9.17, 15) is 13.2 Å². The summed E-state index contributed by atoms with van der Waals surface area (Å²) in [6.45, 7) is 4.13. The number of hydrogen-bond donors (Lipinski definition) is 1. The highest BCUT2D eigenvalue weighted by molar-refractivity contribution is 7.89. The van der Waals surface area contributed by atoms with Crippen LogP contribution in [0.4, 0.5) is 0 Å². The maximum atomic E-state index is 12.7. The molecule has 0 atom stereocenters. The molecule has 0 aliphatic rings. The molecule has 0 radical (unpaired) electrons. The SMILES string of the molecule is CNS(=O)(=O)c1cc(C(=O)N(C)CCOc2cccc(Cl)c2)cc(C)c1C. The largest absolute Gasteiger partial charge is 0.492 e. The van der Waals surface area contributed by atoms with Gasteiger partial charge in [0.05, 0.1) is 11.4 Å². The molecule has 1 amide bonds. The second-order valence-electron chi connectivity index (χ2n) is 6.16. The van der Waals surface area contributed by atoms with E-state index in [2.05, 4.69) is 4.72 Å². The first kappa shape index (κ1) is 21.2. The summed E-state index contributed by atoms with van der Waals surface area (Å²) in [5.41, 5.74) is 1.67. The van der Waals surface area contributed by atoms with Crippen molar-refractivity contribution in [2.75, 3.05) is 27.2 Å². The summed E-state index contributed by atoms with van der Waals surface area (Å²) in [7, 11) is -0.659. The van der Waals surface area contributed by atoms with Gasteiger partial charge < -0.3 is 9.64 Å². The summed E-state index contributed by atoms with van der Waals surface area (Å²) < 4.78 is 32.3. The number of benzene rings is 2. The van der Waals surface area contributed by atoms with E-state index in [0.717, 1.165) is 5.56 Å². The van der Waals surface area contributed by atoms with Crippen LogP contribution in [-0.4, -0.2) is 46.5 Å². The minimum atomic E-state index is -3.65. The van der Waals surface area contributed by atoms with Crippen LogP contribution < -0.4 is 9.46 Å². The highest BCUT2D eigenvalue weighted by Gasteiger charge is 2.21. The van der Waals surface area contributed by atoms with Gasteiger partial charge in [-0.15, -0.1) is 0 Å². The third-order valence-corrected chi connectivity index (χ3v) is 6.04. The Bertz CT molecular complexity index is 945. The van der Waals surface area contributed by atoms with Crippen molar-refractivity contribution in [3.05, 3.63) is 58.1 Å². The molecule has 8 heteroatoms. The quantitative estimate of drug-likeness (QED) is 0.761. The van der Waals surface area contributed by atoms with Crippen LogP contribution in [0.15, 0.2) is 41.3 Å². The standard InChI is InChI=1S/C19H23ClN2O4S/c1-13-10-15(11-18(14(13)2)27(24,25)21-3)19(23)22(4)8-9-26-17-7-5-6-16(20)12-17/h5-7,10-12,21H,8-9H2,1-4H3. The average molecular weight is 411 g/mol. The van der Waals surface area contributed by atoms with E-state index < -0.39 is 10.0 Å². The first-order chi connectivity index (χ1) is 12.7. The van der Waals surface area contributed by atoms with Gasteiger partial charge in [0, 0.05) is 17.6 Å². The third-order valence-electron chi connectivity index (χ3n) is 4.26. The Morgan fingerprint density at radius 2 is 1.93 bits per heavy atom. The average Bonchev–Trinajstić information content (AvgIpc) is 2.63. The topological polar surface area (TPSA) is 75.7 Å². The Kier molecular flexibility index (Phi) is 6.86. The van der Waals surface area contributed by atoms with Gasteiger partial charge in [-0.25, -0.2) is 13.1 Å². The molecule has 0 aliphatic carbocycles. The number of hydrogen-bond acceptors (Lipinski definition) is 4. The molecule has 0 heterocycles. The number of rotatable bonds is 7. The fraction of sp³-hybridized carbons (Fsp3) is 0.316. The highest BCUT2D eigenvalue weighted by atomic mass is 35.5. The van der Waals surface area contributed by atoms with Gasteiger partial charge in [-0.3, -0.25) is 4.79 Å². The monoisotopic (exact) mass is 410 g/mol. The zero-order valence-electron chi connectivity index (χ0n) is 15.7. The number of aryl methyl sites for hydroxylation is 1. The molecule has 0 unspecified atom stereocenters. The van der Waals surface area contributed by atoms with E-state index in [-0.39, 0.29) is 17.4 Å². The number of carbonyl (C=O) groups excluding carboxylic acids is 1. The molecule has 0 saturated carbocycles. The number of nitrogens with zero attached hydrogens (tertiary/aromatic N) is 1. The first-order valence-electron chi connectivity index (χ1n) is 8.34. The van der Waals surface area contributed by atoms with Gasteiger partial charge in [0.2, 0.25) is 10.0 Å². The van der Waals surface area contributed by atoms with E-state index in [4.69, 9.17) is 16.3 Å². The predicted octanol–water partition coefficient (Wildman–Crippen LogP) is 3.02. The molecule has 0 saturated heterocycles. The van der Waals surface area contributed by atoms with E-state index >= 15 is 0 Å². The lowest BCUT2D eigenvalue weighted by Crippen LogP contribution is -2.31. The fourth-order valence-electron chi connectivity index (χ4n) is 2.52. The van der Waals surface area contributed by atoms with Gasteiger partial charge in [-0.2, -0.15) is 0 Å². The molecule has 0 bridgehead atoms. The van der Waals surface area contributed by atoms with Gasteiger partial charge in [0.1, 0.15) is 12.4 Å². The maximum Gasteiger partial charge on any atom is 0.253 e. The molecule has 6 nitrogen and oxygen atoms in total. The molecule has 2 aromatic carbocycles. The van der Waals surface area contributed by atoms with Crippen LogP contribution in [0.1, 0.15) is 21.5 Å². The first-order valence-corrected chi connectivity index (χ1v) is 10.2. The second kappa shape index (κ2) is 8.73. The number of nitrogens with one attached hydrogen (secondary N) is 1. The van der Waals surface area contributed by atoms with Crippen molar-refractivity contribution in [3.63, 3.8) is 0 Å². The molecule has 0 aromatic heterocycles. The number of ether oxygens (including phenoxy) is 1. The lowest BCUT2D eigenvalue weighted by molar-refractivity contribution is 0.0773. The van der Waals surface area contributed by atoms with Crippen LogP contribution in [-0.2, 0) is 10.0 Å². The smallest absolute Gasteiger partial charge is 0.253 e. The molecule has 0 aliphatic heterocycles. The van der Waals surface area contributed by atoms with Crippen LogP contribution in [0.5, 0.6) is 5.75 Å². The Balaban J connectivity index is 2.12. The van der Waals surface area contributed by atoms with E-state index in [0.29, 0.717) is 28.4 Å². The Hall–Kier alpha value is -2.09. The fourth-order valence-corrected chi connectivity index (χ4v) is 3.77. The van der Waals surface area contributed by atoms with E-state index in [1.54, 1.807) is 51.2 Å². The normalized spacial score (nSPS) is 11.3. The van der Waals surface area contributed by atoms with Crippen LogP contribution in [0.2, 0.25) is 5.02 Å². The molecule has 2 aromatic rings. The molecule has 146 valence electrons. The number of likely N-dealkylation sites (N-methyl/N-ethyl adjacent to an activating group) is 1. The zero-order chi connectivity index (χ0) is 20.2. The summed E-state index contributed by atoms with van der Waals surface area (Å²) in [6, 6.07) is 10.1. The Morgan fingerprint density at radius 3 is 2.56 bits per heavy atom. The van der Waals surface area contributed by atoms with Gasteiger partial charge >= 0.3 is 0 Å². The van der Waals surface area contributed by atoms with Crippen molar-refractivity contribution in [2.45, 2.75) is 18.7 Å². The number of amides is 1. The summed E-state index contributed by atoms with van der Waals surface area (Å²) in [5.74, 6) is 0.345. The van der Waals surface area contributed by atoms with Crippen molar-refractivity contribution in [3.8, 4) is 5.75 Å². The highest BCUT2D eigenvalue weighted by Crippen LogP contribution is 2.22. The maximum absolute atomic E-state index is 12.7. The van der Waals surface area contributed by atoms with Crippen molar-refractivity contribution in [1.82, 2.24) is 9.62 Å². The van der Waals surface area contributed by atoms with Crippen LogP contribution in [0, 0.1) is 13.8 Å². The van der Waals surface area contributed by atoms with Crippen LogP contribution in [0.3, 0.4) is 0 Å². The van der Waals surface area contributed by atoms with Crippen molar-refractivity contribution >= 4 is 27.5 Å². The van der Waals surface area contributed by atoms with Crippen LogP contribution >= 0.6 is 11.6 Å². The molecular weight excluding hydrogens is 388 g/mol. The number of carbonyl (C=O) groups is 1. The Labute approximate surface area is 165 Å². The van der Waals surface area contributed by atoms with Gasteiger partial charge in [0.25, 0.3) is 5.91 Å². The van der Waals surface area contributed by atoms with E-state index in [1.165, 1.54) is 18.0 Å². The molecule has 2 rings (SSSR count). The number of sulfonamides is 1. The van der Waals surface area contributed by atoms with Crippen molar-refractivity contribution in [1.29, 1.82) is 0 Å². The predicted molar refractivity (Wildman–Crippen MR) is 106 cm³/mol. The number of halogens is 1. The molecule has 0 fully saturated rings. The van der Waals surface area contributed by atoms with Gasteiger partial charge in [-0.05, 0) is 62.4 Å². The lowest BCUT2D eigenvalue weighted by Gasteiger charge is -2.19. The minimum Gasteiger partial charge on any atom is -0.492 e. The minimum absolute atomic E-state index is 0.108. The Morgan fingerprint density at radius 1 is 1.22 bits per heavy atom. The second-order valence-corrected chi connectivity index (χ2v) is 8.45. The van der Waals surface area contributed by atoms with Crippen molar-refractivity contribution < 1.29 is 17.9 Å². The van der Waals surface area contributed by atoms with E-state index in [1.807, 2.05) is 0 Å². The zero-order valence-corrected chi connectivity index (χ0v) is 17.3. The third kappa shape index (κ3) is 5.22. The molecule has 0 spiro atoms. The summed E-state index contributed by atoms with van der Waals surface area (Å²) in [5, 5.41) is 0.574.